The van der Waals surface area contributed by atoms with E-state index in [2.05, 4.69) is 15.3 Å². The summed E-state index contributed by atoms with van der Waals surface area (Å²) in [6, 6.07) is 11.2. The zero-order valence-corrected chi connectivity index (χ0v) is 24.6. The Kier molecular flexibility index (Phi) is 9.46. The third kappa shape index (κ3) is 8.11. The SMILES string of the molecule is Cc1c(C(=O)NC2CCCC(N(C)C)C2)nn(-c2cc(F)cc(C#N)c2)c1-c1ccc(OS(=O)(=O)CCC(F)(F)F)cc1. The lowest BCUT2D eigenvalue weighted by Crippen LogP contribution is -2.44. The third-order valence-corrected chi connectivity index (χ3v) is 8.44. The smallest absolute Gasteiger partial charge is 0.382 e. The third-order valence-electron chi connectivity index (χ3n) is 7.29. The van der Waals surface area contributed by atoms with Crippen LogP contribution in [0, 0.1) is 24.1 Å². The van der Waals surface area contributed by atoms with Crippen LogP contribution in [0.5, 0.6) is 5.75 Å². The maximum Gasteiger partial charge on any atom is 0.390 e. The molecule has 0 spiro atoms. The summed E-state index contributed by atoms with van der Waals surface area (Å²) in [5.41, 5.74) is 1.52. The quantitative estimate of drug-likeness (QED) is 0.260. The first-order valence-electron chi connectivity index (χ1n) is 13.5. The maximum atomic E-state index is 14.4. The van der Waals surface area contributed by atoms with Gasteiger partial charge in [0, 0.05) is 23.2 Å². The van der Waals surface area contributed by atoms with Crippen LogP contribution >= 0.6 is 0 Å². The normalized spacial score (nSPS) is 17.5. The molecule has 1 amide bonds. The van der Waals surface area contributed by atoms with Crippen molar-refractivity contribution in [2.45, 2.75) is 57.3 Å². The number of carbonyl (C=O) groups is 1. The van der Waals surface area contributed by atoms with E-state index in [1.165, 1.54) is 35.0 Å². The summed E-state index contributed by atoms with van der Waals surface area (Å²) in [5.74, 6) is -2.56. The number of hydrogen-bond acceptors (Lipinski definition) is 7. The predicted octanol–water partition coefficient (Wildman–Crippen LogP) is 5.12. The van der Waals surface area contributed by atoms with Gasteiger partial charge in [-0.2, -0.15) is 31.9 Å². The number of amides is 1. The van der Waals surface area contributed by atoms with E-state index < -0.39 is 40.2 Å². The number of carbonyl (C=O) groups excluding carboxylic acids is 1. The van der Waals surface area contributed by atoms with Gasteiger partial charge in [-0.25, -0.2) is 9.07 Å². The van der Waals surface area contributed by atoms with Crippen molar-refractivity contribution in [3.63, 3.8) is 0 Å². The van der Waals surface area contributed by atoms with Crippen LogP contribution in [-0.4, -0.2) is 67.1 Å². The standard InChI is InChI=1S/C29H31F4N5O4S/c1-18-26(28(39)35-22-5-4-6-23(16-22)37(2)3)36-38(24-14-19(17-34)13-21(30)15-24)27(18)20-7-9-25(10-8-20)42-43(40,41)12-11-29(31,32)33/h7-10,13-15,22-23H,4-6,11-12,16H2,1-3H3,(H,35,39). The molecule has 9 nitrogen and oxygen atoms in total. The zero-order valence-electron chi connectivity index (χ0n) is 23.8. The molecule has 0 saturated heterocycles. The largest absolute Gasteiger partial charge is 0.390 e. The molecule has 2 atom stereocenters. The van der Waals surface area contributed by atoms with E-state index in [9.17, 15) is 36.0 Å². The van der Waals surface area contributed by atoms with Crippen molar-refractivity contribution in [2.75, 3.05) is 19.8 Å². The van der Waals surface area contributed by atoms with Crippen LogP contribution in [0.2, 0.25) is 0 Å². The van der Waals surface area contributed by atoms with E-state index in [1.807, 2.05) is 20.2 Å². The summed E-state index contributed by atoms with van der Waals surface area (Å²) in [7, 11) is -0.522. The Morgan fingerprint density at radius 1 is 1.19 bits per heavy atom. The van der Waals surface area contributed by atoms with Crippen LogP contribution in [0.15, 0.2) is 42.5 Å². The van der Waals surface area contributed by atoms with E-state index in [4.69, 9.17) is 4.18 Å². The van der Waals surface area contributed by atoms with Gasteiger partial charge in [0.15, 0.2) is 5.69 Å². The highest BCUT2D eigenvalue weighted by molar-refractivity contribution is 7.87. The highest BCUT2D eigenvalue weighted by Gasteiger charge is 2.31. The molecule has 0 bridgehead atoms. The van der Waals surface area contributed by atoms with Crippen LogP contribution < -0.4 is 9.50 Å². The van der Waals surface area contributed by atoms with Crippen molar-refractivity contribution < 1.29 is 35.0 Å². The van der Waals surface area contributed by atoms with Gasteiger partial charge < -0.3 is 14.4 Å². The summed E-state index contributed by atoms with van der Waals surface area (Å²) in [6.07, 6.45) is -2.65. The zero-order chi connectivity index (χ0) is 31.5. The van der Waals surface area contributed by atoms with E-state index in [0.29, 0.717) is 22.9 Å². The summed E-state index contributed by atoms with van der Waals surface area (Å²) in [5, 5.41) is 16.9. The molecule has 1 heterocycles. The van der Waals surface area contributed by atoms with Gasteiger partial charge in [-0.15, -0.1) is 0 Å². The fourth-order valence-electron chi connectivity index (χ4n) is 5.11. The van der Waals surface area contributed by atoms with Gasteiger partial charge in [0.2, 0.25) is 0 Å². The molecule has 1 aliphatic carbocycles. The summed E-state index contributed by atoms with van der Waals surface area (Å²) in [4.78, 5) is 15.6. The number of benzene rings is 2. The van der Waals surface area contributed by atoms with Crippen molar-refractivity contribution in [3.8, 4) is 28.8 Å². The molecule has 1 aromatic heterocycles. The molecule has 4 rings (SSSR count). The van der Waals surface area contributed by atoms with Gasteiger partial charge in [0.05, 0.1) is 35.2 Å². The predicted molar refractivity (Wildman–Crippen MR) is 151 cm³/mol. The van der Waals surface area contributed by atoms with Gasteiger partial charge in [-0.3, -0.25) is 4.79 Å². The Morgan fingerprint density at radius 3 is 2.51 bits per heavy atom. The molecule has 14 heteroatoms. The molecule has 3 aromatic rings. The molecule has 43 heavy (non-hydrogen) atoms. The number of nitrogens with one attached hydrogen (secondary N) is 1. The molecule has 1 N–H and O–H groups in total. The second-order valence-corrected chi connectivity index (χ2v) is 12.4. The van der Waals surface area contributed by atoms with E-state index in [-0.39, 0.29) is 28.7 Å². The van der Waals surface area contributed by atoms with Crippen LogP contribution in [0.1, 0.15) is 53.7 Å². The van der Waals surface area contributed by atoms with Gasteiger partial charge >= 0.3 is 16.3 Å². The number of hydrogen-bond donors (Lipinski definition) is 1. The number of nitrogens with zero attached hydrogens (tertiary/aromatic N) is 4. The number of rotatable bonds is 9. The molecule has 230 valence electrons. The van der Waals surface area contributed by atoms with Crippen LogP contribution in [0.25, 0.3) is 16.9 Å². The average molecular weight is 622 g/mol. The van der Waals surface area contributed by atoms with Crippen LogP contribution in [0.3, 0.4) is 0 Å². The minimum absolute atomic E-state index is 0.0323. The Balaban J connectivity index is 1.69. The van der Waals surface area contributed by atoms with Gasteiger partial charge in [0.1, 0.15) is 11.6 Å². The van der Waals surface area contributed by atoms with Crippen molar-refractivity contribution in [2.24, 2.45) is 0 Å². The number of alkyl halides is 3. The first kappa shape index (κ1) is 32.0. The minimum atomic E-state index is -4.66. The summed E-state index contributed by atoms with van der Waals surface area (Å²) in [6.45, 7) is 1.66. The minimum Gasteiger partial charge on any atom is -0.382 e. The van der Waals surface area contributed by atoms with Gasteiger partial charge in [-0.05, 0) is 89.2 Å². The fraction of sp³-hybridized carbons (Fsp3) is 0.414. The molecule has 2 unspecified atom stereocenters. The van der Waals surface area contributed by atoms with E-state index in [1.54, 1.807) is 6.92 Å². The van der Waals surface area contributed by atoms with Gasteiger partial charge in [0.25, 0.3) is 5.91 Å². The molecular formula is C29H31F4N5O4S. The maximum absolute atomic E-state index is 14.4. The molecule has 1 fully saturated rings. The van der Waals surface area contributed by atoms with Crippen molar-refractivity contribution in [1.29, 1.82) is 5.26 Å². The number of halogens is 4. The average Bonchev–Trinajstić information content (AvgIpc) is 3.29. The Labute approximate surface area is 247 Å². The Morgan fingerprint density at radius 2 is 1.88 bits per heavy atom. The molecule has 1 aliphatic rings. The molecule has 0 radical (unpaired) electrons. The van der Waals surface area contributed by atoms with E-state index in [0.717, 1.165) is 37.8 Å². The molecule has 1 saturated carbocycles. The first-order chi connectivity index (χ1) is 20.2. The molecule has 2 aromatic carbocycles. The van der Waals surface area contributed by atoms with Crippen LogP contribution in [-0.2, 0) is 10.1 Å². The lowest BCUT2D eigenvalue weighted by Gasteiger charge is -2.33. The van der Waals surface area contributed by atoms with Crippen molar-refractivity contribution in [1.82, 2.24) is 20.0 Å². The number of aromatic nitrogens is 2. The van der Waals surface area contributed by atoms with E-state index >= 15 is 0 Å². The lowest BCUT2D eigenvalue weighted by molar-refractivity contribution is -0.130. The van der Waals surface area contributed by atoms with Gasteiger partial charge in [-0.1, -0.05) is 0 Å². The highest BCUT2D eigenvalue weighted by atomic mass is 32.2. The van der Waals surface area contributed by atoms with Crippen molar-refractivity contribution in [3.05, 3.63) is 65.1 Å². The second kappa shape index (κ2) is 12.7. The number of nitriles is 1. The first-order valence-corrected chi connectivity index (χ1v) is 15.1. The molecular weight excluding hydrogens is 590 g/mol. The van der Waals surface area contributed by atoms with Crippen LogP contribution in [0.4, 0.5) is 17.6 Å². The van der Waals surface area contributed by atoms with Crippen molar-refractivity contribution >= 4 is 16.0 Å². The fourth-order valence-corrected chi connectivity index (χ4v) is 6.08. The Hall–Kier alpha value is -3.96. The Bertz CT molecular complexity index is 1630. The summed E-state index contributed by atoms with van der Waals surface area (Å²) >= 11 is 0. The second-order valence-electron chi connectivity index (χ2n) is 10.7. The molecule has 0 aliphatic heterocycles. The monoisotopic (exact) mass is 621 g/mol. The highest BCUT2D eigenvalue weighted by Crippen LogP contribution is 2.32. The topological polar surface area (TPSA) is 117 Å². The summed E-state index contributed by atoms with van der Waals surface area (Å²) < 4.78 is 82.2. The lowest BCUT2D eigenvalue weighted by atomic mass is 9.90.